The van der Waals surface area contributed by atoms with Gasteiger partial charge in [0.15, 0.2) is 0 Å². The Morgan fingerprint density at radius 2 is 2.17 bits per heavy atom. The van der Waals surface area contributed by atoms with Crippen LogP contribution < -0.4 is 5.73 Å². The highest BCUT2D eigenvalue weighted by Crippen LogP contribution is 2.42. The molecule has 2 rings (SSSR count). The number of hydrogen-bond donors (Lipinski definition) is 1. The lowest BCUT2D eigenvalue weighted by Gasteiger charge is -2.02. The molecule has 12 heavy (non-hydrogen) atoms. The first-order valence-electron chi connectivity index (χ1n) is 4.11. The summed E-state index contributed by atoms with van der Waals surface area (Å²) in [5.41, 5.74) is 8.43. The van der Waals surface area contributed by atoms with Crippen molar-refractivity contribution in [2.75, 3.05) is 5.73 Å². The van der Waals surface area contributed by atoms with Gasteiger partial charge in [0, 0.05) is 5.69 Å². The van der Waals surface area contributed by atoms with Gasteiger partial charge in [0.05, 0.1) is 11.6 Å². The van der Waals surface area contributed by atoms with Gasteiger partial charge < -0.3 is 5.73 Å². The van der Waals surface area contributed by atoms with Gasteiger partial charge in [0.1, 0.15) is 0 Å². The van der Waals surface area contributed by atoms with Crippen molar-refractivity contribution in [3.63, 3.8) is 0 Å². The first-order chi connectivity index (χ1) is 5.81. The Morgan fingerprint density at radius 3 is 2.67 bits per heavy atom. The molecule has 0 radical (unpaired) electrons. The summed E-state index contributed by atoms with van der Waals surface area (Å²) in [4.78, 5) is 0. The maximum atomic E-state index is 8.60. The number of nitrogens with two attached hydrogens (primary N) is 1. The molecule has 1 aliphatic rings. The van der Waals surface area contributed by atoms with Crippen LogP contribution in [-0.2, 0) is 0 Å². The van der Waals surface area contributed by atoms with Crippen LogP contribution in [0.3, 0.4) is 0 Å². The van der Waals surface area contributed by atoms with Crippen molar-refractivity contribution in [3.8, 4) is 6.07 Å². The molecular formula is C10H10N2. The molecule has 2 nitrogen and oxygen atoms in total. The van der Waals surface area contributed by atoms with Gasteiger partial charge in [0.25, 0.3) is 0 Å². The molecule has 0 aromatic heterocycles. The van der Waals surface area contributed by atoms with E-state index in [1.54, 1.807) is 6.07 Å². The third-order valence-corrected chi connectivity index (χ3v) is 2.23. The lowest BCUT2D eigenvalue weighted by molar-refractivity contribution is 1.13. The summed E-state index contributed by atoms with van der Waals surface area (Å²) >= 11 is 0. The van der Waals surface area contributed by atoms with E-state index in [1.165, 1.54) is 18.4 Å². The molecule has 0 amide bonds. The highest BCUT2D eigenvalue weighted by Gasteiger charge is 2.25. The molecule has 0 bridgehead atoms. The van der Waals surface area contributed by atoms with Gasteiger partial charge >= 0.3 is 0 Å². The summed E-state index contributed by atoms with van der Waals surface area (Å²) in [5, 5.41) is 8.60. The maximum absolute atomic E-state index is 8.60. The van der Waals surface area contributed by atoms with Crippen molar-refractivity contribution in [1.29, 1.82) is 5.26 Å². The van der Waals surface area contributed by atoms with Crippen molar-refractivity contribution in [1.82, 2.24) is 0 Å². The summed E-state index contributed by atoms with van der Waals surface area (Å²) in [6, 6.07) is 7.65. The minimum absolute atomic E-state index is 0.650. The summed E-state index contributed by atoms with van der Waals surface area (Å²) in [5.74, 6) is 0.665. The fourth-order valence-corrected chi connectivity index (χ4v) is 1.41. The Balaban J connectivity index is 2.40. The second-order valence-corrected chi connectivity index (χ2v) is 3.23. The normalized spacial score (nSPS) is 15.6. The number of anilines is 1. The Kier molecular flexibility index (Phi) is 1.51. The Labute approximate surface area is 71.6 Å². The number of nitrogen functional groups attached to an aromatic ring is 1. The van der Waals surface area contributed by atoms with E-state index in [0.717, 1.165) is 5.69 Å². The first-order valence-corrected chi connectivity index (χ1v) is 4.11. The van der Waals surface area contributed by atoms with E-state index in [0.29, 0.717) is 11.5 Å². The van der Waals surface area contributed by atoms with Crippen molar-refractivity contribution in [2.24, 2.45) is 0 Å². The minimum atomic E-state index is 0.650. The number of hydrogen-bond acceptors (Lipinski definition) is 2. The molecule has 1 aliphatic carbocycles. The molecule has 2 heteroatoms. The van der Waals surface area contributed by atoms with Crippen LogP contribution in [0.1, 0.15) is 29.9 Å². The Bertz CT molecular complexity index is 345. The SMILES string of the molecule is N#Cc1ccc(C2CC2)c(N)c1. The molecule has 1 fully saturated rings. The van der Waals surface area contributed by atoms with Crippen LogP contribution in [0.2, 0.25) is 0 Å². The highest BCUT2D eigenvalue weighted by atomic mass is 14.6. The molecular weight excluding hydrogens is 148 g/mol. The molecule has 0 unspecified atom stereocenters. The van der Waals surface area contributed by atoms with Gasteiger partial charge in [-0.3, -0.25) is 0 Å². The third-order valence-electron chi connectivity index (χ3n) is 2.23. The minimum Gasteiger partial charge on any atom is -0.398 e. The van der Waals surface area contributed by atoms with E-state index >= 15 is 0 Å². The van der Waals surface area contributed by atoms with Crippen LogP contribution in [0, 0.1) is 11.3 Å². The van der Waals surface area contributed by atoms with Crippen molar-refractivity contribution >= 4 is 5.69 Å². The predicted octanol–water partition coefficient (Wildman–Crippen LogP) is 2.02. The van der Waals surface area contributed by atoms with Gasteiger partial charge in [-0.1, -0.05) is 6.07 Å². The first kappa shape index (κ1) is 7.17. The molecule has 0 spiro atoms. The molecule has 0 saturated heterocycles. The molecule has 0 heterocycles. The molecule has 1 aromatic rings. The van der Waals surface area contributed by atoms with Crippen LogP contribution >= 0.6 is 0 Å². The zero-order valence-corrected chi connectivity index (χ0v) is 6.75. The van der Waals surface area contributed by atoms with E-state index in [4.69, 9.17) is 11.0 Å². The number of rotatable bonds is 1. The van der Waals surface area contributed by atoms with Crippen LogP contribution in [0.25, 0.3) is 0 Å². The van der Waals surface area contributed by atoms with Gasteiger partial charge in [-0.05, 0) is 36.5 Å². The van der Waals surface area contributed by atoms with Crippen LogP contribution in [0.4, 0.5) is 5.69 Å². The zero-order valence-electron chi connectivity index (χ0n) is 6.75. The molecule has 1 saturated carbocycles. The van der Waals surface area contributed by atoms with E-state index in [9.17, 15) is 0 Å². The zero-order chi connectivity index (χ0) is 8.55. The Hall–Kier alpha value is -1.49. The quantitative estimate of drug-likeness (QED) is 0.635. The van der Waals surface area contributed by atoms with Crippen molar-refractivity contribution in [3.05, 3.63) is 29.3 Å². The van der Waals surface area contributed by atoms with E-state index < -0.39 is 0 Å². The predicted molar refractivity (Wildman–Crippen MR) is 47.5 cm³/mol. The fraction of sp³-hybridized carbons (Fsp3) is 0.300. The van der Waals surface area contributed by atoms with Crippen LogP contribution in [0.5, 0.6) is 0 Å². The third kappa shape index (κ3) is 1.14. The molecule has 2 N–H and O–H groups in total. The van der Waals surface area contributed by atoms with Gasteiger partial charge in [-0.15, -0.1) is 0 Å². The average Bonchev–Trinajstić information content (AvgIpc) is 2.87. The fourth-order valence-electron chi connectivity index (χ4n) is 1.41. The Morgan fingerprint density at radius 1 is 1.42 bits per heavy atom. The van der Waals surface area contributed by atoms with E-state index in [1.807, 2.05) is 12.1 Å². The summed E-state index contributed by atoms with van der Waals surface area (Å²) in [6.07, 6.45) is 2.49. The number of nitriles is 1. The molecule has 0 atom stereocenters. The van der Waals surface area contributed by atoms with E-state index in [-0.39, 0.29) is 0 Å². The molecule has 0 aliphatic heterocycles. The second-order valence-electron chi connectivity index (χ2n) is 3.23. The van der Waals surface area contributed by atoms with Gasteiger partial charge in [-0.2, -0.15) is 5.26 Å². The van der Waals surface area contributed by atoms with Crippen LogP contribution in [0.15, 0.2) is 18.2 Å². The lowest BCUT2D eigenvalue weighted by Crippen LogP contribution is -1.92. The summed E-state index contributed by atoms with van der Waals surface area (Å²) in [6.45, 7) is 0. The second kappa shape index (κ2) is 2.53. The molecule has 60 valence electrons. The summed E-state index contributed by atoms with van der Waals surface area (Å²) < 4.78 is 0. The topological polar surface area (TPSA) is 49.8 Å². The smallest absolute Gasteiger partial charge is 0.0992 e. The van der Waals surface area contributed by atoms with Gasteiger partial charge in [0.2, 0.25) is 0 Å². The highest BCUT2D eigenvalue weighted by molar-refractivity contribution is 5.54. The largest absolute Gasteiger partial charge is 0.398 e. The van der Waals surface area contributed by atoms with Crippen molar-refractivity contribution < 1.29 is 0 Å². The maximum Gasteiger partial charge on any atom is 0.0992 e. The number of benzene rings is 1. The monoisotopic (exact) mass is 158 g/mol. The standard InChI is InChI=1S/C10H10N2/c11-6-7-1-4-9(8-2-3-8)10(12)5-7/h1,4-5,8H,2-3,12H2. The molecule has 1 aromatic carbocycles. The van der Waals surface area contributed by atoms with Crippen molar-refractivity contribution in [2.45, 2.75) is 18.8 Å². The summed E-state index contributed by atoms with van der Waals surface area (Å²) in [7, 11) is 0. The van der Waals surface area contributed by atoms with E-state index in [2.05, 4.69) is 6.07 Å². The average molecular weight is 158 g/mol. The van der Waals surface area contributed by atoms with Crippen LogP contribution in [-0.4, -0.2) is 0 Å². The lowest BCUT2D eigenvalue weighted by atomic mass is 10.1. The number of nitrogens with zero attached hydrogens (tertiary/aromatic N) is 1. The van der Waals surface area contributed by atoms with Gasteiger partial charge in [-0.25, -0.2) is 0 Å².